The van der Waals surface area contributed by atoms with Gasteiger partial charge in [-0.3, -0.25) is 4.68 Å². The maximum absolute atomic E-state index is 13.4. The quantitative estimate of drug-likeness (QED) is 0.667. The third kappa shape index (κ3) is 2.93. The Morgan fingerprint density at radius 1 is 1.14 bits per heavy atom. The van der Waals surface area contributed by atoms with Gasteiger partial charge in [-0.25, -0.2) is 17.9 Å². The fourth-order valence-corrected chi connectivity index (χ4v) is 5.83. The molecule has 1 saturated heterocycles. The van der Waals surface area contributed by atoms with E-state index in [1.807, 2.05) is 19.2 Å². The predicted molar refractivity (Wildman–Crippen MR) is 104 cm³/mol. The van der Waals surface area contributed by atoms with Crippen LogP contribution in [0.25, 0.3) is 5.65 Å². The van der Waals surface area contributed by atoms with E-state index in [1.54, 1.807) is 4.52 Å². The largest absolute Gasteiger partial charge is 0.274 e. The van der Waals surface area contributed by atoms with Gasteiger partial charge in [-0.05, 0) is 55.7 Å². The Bertz CT molecular complexity index is 1240. The van der Waals surface area contributed by atoms with E-state index < -0.39 is 17.0 Å². The van der Waals surface area contributed by atoms with Crippen LogP contribution in [-0.2, 0) is 17.0 Å². The molecule has 148 valence electrons. The number of hydrogen-bond acceptors (Lipinski definition) is 5. The maximum Gasteiger partial charge on any atom is 0.246 e. The van der Waals surface area contributed by atoms with Gasteiger partial charge in [0.2, 0.25) is 10.0 Å². The molecule has 0 radical (unpaired) electrons. The van der Waals surface area contributed by atoms with E-state index in [1.165, 1.54) is 16.8 Å². The summed E-state index contributed by atoms with van der Waals surface area (Å²) in [6.07, 6.45) is 7.74. The second kappa shape index (κ2) is 6.38. The number of hydrogen-bond donors (Lipinski definition) is 0. The van der Waals surface area contributed by atoms with Gasteiger partial charge in [-0.15, -0.1) is 0 Å². The van der Waals surface area contributed by atoms with E-state index in [9.17, 15) is 8.42 Å². The zero-order valence-electron chi connectivity index (χ0n) is 18.6. The van der Waals surface area contributed by atoms with Gasteiger partial charge in [-0.2, -0.15) is 14.5 Å². The van der Waals surface area contributed by atoms with Crippen LogP contribution in [0.15, 0.2) is 29.7 Å². The Morgan fingerprint density at radius 3 is 2.64 bits per heavy atom. The van der Waals surface area contributed by atoms with Crippen molar-refractivity contribution in [2.45, 2.75) is 49.3 Å². The van der Waals surface area contributed by atoms with Gasteiger partial charge in [0.15, 0.2) is 5.65 Å². The molecule has 0 N–H and O–H groups in total. The first-order valence-corrected chi connectivity index (χ1v) is 11.0. The molecule has 0 atom stereocenters. The lowest BCUT2D eigenvalue weighted by Gasteiger charge is -2.32. The highest BCUT2D eigenvalue weighted by atomic mass is 32.2. The second-order valence-corrected chi connectivity index (χ2v) is 9.66. The summed E-state index contributed by atoms with van der Waals surface area (Å²) in [7, 11) is -3.81. The van der Waals surface area contributed by atoms with Gasteiger partial charge in [0.25, 0.3) is 0 Å². The number of aryl methyl sites for hydroxylation is 2. The Kier molecular flexibility index (Phi) is 3.35. The molecule has 1 aliphatic carbocycles. The zero-order valence-corrected chi connectivity index (χ0v) is 16.4. The number of aromatic nitrogens is 5. The lowest BCUT2D eigenvalue weighted by atomic mass is 9.89. The molecule has 5 rings (SSSR count). The minimum Gasteiger partial charge on any atom is -0.274 e. The lowest BCUT2D eigenvalue weighted by Crippen LogP contribution is -2.38. The van der Waals surface area contributed by atoms with Crippen LogP contribution in [0.3, 0.4) is 0 Å². The smallest absolute Gasteiger partial charge is 0.246 e. The fourth-order valence-electron chi connectivity index (χ4n) is 4.16. The third-order valence-electron chi connectivity index (χ3n) is 5.85. The molecule has 4 heterocycles. The Morgan fingerprint density at radius 2 is 1.93 bits per heavy atom. The number of nitrogens with zero attached hydrogens (tertiary/aromatic N) is 6. The maximum atomic E-state index is 13.4. The van der Waals surface area contributed by atoms with Gasteiger partial charge in [0.05, 0.1) is 5.69 Å². The summed E-state index contributed by atoms with van der Waals surface area (Å²) in [5.74, 6) is 0.260. The highest BCUT2D eigenvalue weighted by molar-refractivity contribution is 7.89. The Hall–Kier alpha value is -2.26. The number of fused-ring (bicyclic) bond motifs is 1. The number of rotatable bonds is 4. The second-order valence-electron chi connectivity index (χ2n) is 7.75. The minimum atomic E-state index is -3.81. The summed E-state index contributed by atoms with van der Waals surface area (Å²) >= 11 is 0. The number of pyridine rings is 1. The molecular formula is C19H24N6O2S. The molecule has 0 spiro atoms. The first kappa shape index (κ1) is 14.7. The lowest BCUT2D eigenvalue weighted by molar-refractivity contribution is 0.318. The first-order chi connectivity index (χ1) is 14.6. The molecule has 28 heavy (non-hydrogen) atoms. The van der Waals surface area contributed by atoms with Crippen molar-refractivity contribution in [2.24, 2.45) is 6.98 Å². The van der Waals surface area contributed by atoms with Crippen molar-refractivity contribution in [2.75, 3.05) is 13.1 Å². The summed E-state index contributed by atoms with van der Waals surface area (Å²) < 4.78 is 53.6. The molecule has 0 bridgehead atoms. The molecule has 9 heteroatoms. The number of sulfonamides is 1. The summed E-state index contributed by atoms with van der Waals surface area (Å²) in [6.45, 7) is 0.302. The normalized spacial score (nSPS) is 21.5. The van der Waals surface area contributed by atoms with Gasteiger partial charge >= 0.3 is 0 Å². The zero-order chi connectivity index (χ0) is 22.0. The van der Waals surface area contributed by atoms with Crippen LogP contribution in [-0.4, -0.2) is 50.2 Å². The molecule has 8 nitrogen and oxygen atoms in total. The third-order valence-corrected chi connectivity index (χ3v) is 7.76. The van der Waals surface area contributed by atoms with Gasteiger partial charge < -0.3 is 0 Å². The van der Waals surface area contributed by atoms with E-state index in [0.29, 0.717) is 31.6 Å². The molecule has 1 aliphatic heterocycles. The Labute approximate surface area is 168 Å². The van der Waals surface area contributed by atoms with Crippen molar-refractivity contribution in [1.82, 2.24) is 28.7 Å². The average Bonchev–Trinajstić information content (AvgIpc) is 3.27. The van der Waals surface area contributed by atoms with E-state index in [-0.39, 0.29) is 16.7 Å². The average molecular weight is 404 g/mol. The van der Waals surface area contributed by atoms with Crippen molar-refractivity contribution < 1.29 is 12.5 Å². The SMILES string of the molecule is [2H]C([2H])([2H])n1cc(S(=O)(=O)N2CCC(c3cn4ncnc4cc3C)CC2)c(C2CC2)n1. The molecule has 0 amide bonds. The van der Waals surface area contributed by atoms with Crippen LogP contribution in [0.4, 0.5) is 0 Å². The van der Waals surface area contributed by atoms with Crippen molar-refractivity contribution >= 4 is 15.7 Å². The molecule has 0 aromatic carbocycles. The number of piperidine rings is 1. The van der Waals surface area contributed by atoms with E-state index in [2.05, 4.69) is 15.2 Å². The fraction of sp³-hybridized carbons (Fsp3) is 0.526. The summed E-state index contributed by atoms with van der Waals surface area (Å²) in [5, 5.41) is 8.34. The van der Waals surface area contributed by atoms with Crippen molar-refractivity contribution in [3.05, 3.63) is 41.6 Å². The standard InChI is InChI=1S/C19H24N6O2S/c1-13-9-18-20-12-21-25(18)10-16(13)14-5-7-24(8-6-14)28(26,27)17-11-23(2)22-19(17)15-3-4-15/h9-12,14-15H,3-8H2,1-2H3/i2D3. The molecule has 0 unspecified atom stereocenters. The highest BCUT2D eigenvalue weighted by Gasteiger charge is 2.37. The summed E-state index contributed by atoms with van der Waals surface area (Å²) in [4.78, 5) is 4.25. The predicted octanol–water partition coefficient (Wildman–Crippen LogP) is 2.22. The van der Waals surface area contributed by atoms with Gasteiger partial charge in [-0.1, -0.05) is 0 Å². The van der Waals surface area contributed by atoms with E-state index >= 15 is 0 Å². The summed E-state index contributed by atoms with van der Waals surface area (Å²) in [5.41, 5.74) is 3.46. The van der Waals surface area contributed by atoms with Crippen LogP contribution in [0.1, 0.15) is 58.5 Å². The van der Waals surface area contributed by atoms with E-state index in [4.69, 9.17) is 4.11 Å². The monoisotopic (exact) mass is 403 g/mol. The Balaban J connectivity index is 1.39. The minimum absolute atomic E-state index is 0.0305. The molecule has 1 saturated carbocycles. The first-order valence-electron chi connectivity index (χ1n) is 11.0. The van der Waals surface area contributed by atoms with Crippen molar-refractivity contribution in [3.8, 4) is 0 Å². The van der Waals surface area contributed by atoms with Crippen LogP contribution >= 0.6 is 0 Å². The van der Waals surface area contributed by atoms with Crippen LogP contribution in [0.5, 0.6) is 0 Å². The molecular weight excluding hydrogens is 376 g/mol. The van der Waals surface area contributed by atoms with Crippen molar-refractivity contribution in [1.29, 1.82) is 0 Å². The van der Waals surface area contributed by atoms with Crippen molar-refractivity contribution in [3.63, 3.8) is 0 Å². The molecule has 3 aromatic heterocycles. The van der Waals surface area contributed by atoms with Crippen LogP contribution in [0, 0.1) is 6.92 Å². The van der Waals surface area contributed by atoms with Gasteiger partial charge in [0.1, 0.15) is 11.2 Å². The van der Waals surface area contributed by atoms with Gasteiger partial charge in [0, 0.05) is 42.5 Å². The molecule has 2 aliphatic rings. The molecule has 2 fully saturated rings. The van der Waals surface area contributed by atoms with Crippen LogP contribution in [0.2, 0.25) is 0 Å². The molecule has 3 aromatic rings. The summed E-state index contributed by atoms with van der Waals surface area (Å²) in [6, 6.07) is 2.00. The van der Waals surface area contributed by atoms with E-state index in [0.717, 1.165) is 34.3 Å². The highest BCUT2D eigenvalue weighted by Crippen LogP contribution is 2.43. The topological polar surface area (TPSA) is 85.4 Å². The van der Waals surface area contributed by atoms with Crippen LogP contribution < -0.4 is 0 Å².